The van der Waals surface area contributed by atoms with Crippen molar-refractivity contribution in [1.29, 1.82) is 0 Å². The van der Waals surface area contributed by atoms with Crippen LogP contribution in [-0.2, 0) is 16.1 Å². The molecule has 1 aliphatic rings. The molecule has 1 fully saturated rings. The third-order valence-electron chi connectivity index (χ3n) is 3.73. The molecule has 2 aromatic rings. The predicted octanol–water partition coefficient (Wildman–Crippen LogP) is 2.53. The molecular formula is C17H18ClFN2O5. The van der Waals surface area contributed by atoms with E-state index in [9.17, 15) is 9.18 Å². The Morgan fingerprint density at radius 2 is 2.31 bits per heavy atom. The average Bonchev–Trinajstić information content (AvgIpc) is 3.10. The van der Waals surface area contributed by atoms with Gasteiger partial charge in [0.2, 0.25) is 5.89 Å². The summed E-state index contributed by atoms with van der Waals surface area (Å²) in [6, 6.07) is 3.79. The zero-order valence-corrected chi connectivity index (χ0v) is 14.9. The molecule has 1 atom stereocenters. The summed E-state index contributed by atoms with van der Waals surface area (Å²) in [4.78, 5) is 18.0. The van der Waals surface area contributed by atoms with Gasteiger partial charge in [-0.1, -0.05) is 11.6 Å². The number of hydrogen-bond acceptors (Lipinski definition) is 6. The third-order valence-corrected chi connectivity index (χ3v) is 4.02. The molecule has 0 radical (unpaired) electrons. The molecule has 7 nitrogen and oxygen atoms in total. The maximum atomic E-state index is 13.0. The number of nitrogens with zero attached hydrogens (tertiary/aromatic N) is 2. The number of amides is 1. The van der Waals surface area contributed by atoms with Gasteiger partial charge in [0.25, 0.3) is 5.91 Å². The van der Waals surface area contributed by atoms with E-state index in [2.05, 4.69) is 4.98 Å². The lowest BCUT2D eigenvalue weighted by molar-refractivity contribution is -0.0933. The molecule has 1 saturated heterocycles. The Kier molecular flexibility index (Phi) is 6.08. The normalized spacial score (nSPS) is 17.1. The lowest BCUT2D eigenvalue weighted by Crippen LogP contribution is -2.40. The van der Waals surface area contributed by atoms with Crippen molar-refractivity contribution in [3.05, 3.63) is 46.9 Å². The molecule has 0 bridgehead atoms. The fraction of sp³-hybridized carbons (Fsp3) is 0.412. The van der Waals surface area contributed by atoms with Crippen LogP contribution in [0.25, 0.3) is 0 Å². The van der Waals surface area contributed by atoms with Gasteiger partial charge in [0.1, 0.15) is 17.8 Å². The Bertz CT molecular complexity index is 763. The van der Waals surface area contributed by atoms with Crippen molar-refractivity contribution in [3.8, 4) is 5.75 Å². The number of hydrogen-bond donors (Lipinski definition) is 0. The van der Waals surface area contributed by atoms with E-state index in [1.54, 1.807) is 7.05 Å². The lowest BCUT2D eigenvalue weighted by atomic mass is 10.3. The van der Waals surface area contributed by atoms with Crippen LogP contribution in [0.4, 0.5) is 4.39 Å². The van der Waals surface area contributed by atoms with E-state index in [1.165, 1.54) is 23.3 Å². The Labute approximate surface area is 154 Å². The van der Waals surface area contributed by atoms with Crippen molar-refractivity contribution >= 4 is 17.5 Å². The number of benzene rings is 1. The summed E-state index contributed by atoms with van der Waals surface area (Å²) in [5, 5.41) is 0.141. The topological polar surface area (TPSA) is 74.0 Å². The summed E-state index contributed by atoms with van der Waals surface area (Å²) in [5.74, 6) is -0.249. The van der Waals surface area contributed by atoms with Crippen LogP contribution in [0.2, 0.25) is 5.02 Å². The highest BCUT2D eigenvalue weighted by Gasteiger charge is 2.22. The summed E-state index contributed by atoms with van der Waals surface area (Å²) < 4.78 is 34.5. The first kappa shape index (κ1) is 18.6. The summed E-state index contributed by atoms with van der Waals surface area (Å²) in [7, 11) is 1.66. The molecule has 140 valence electrons. The van der Waals surface area contributed by atoms with Crippen molar-refractivity contribution in [3.63, 3.8) is 0 Å². The molecule has 1 aromatic heterocycles. The van der Waals surface area contributed by atoms with E-state index in [0.717, 1.165) is 6.07 Å². The van der Waals surface area contributed by atoms with Gasteiger partial charge in [-0.3, -0.25) is 4.79 Å². The second-order valence-electron chi connectivity index (χ2n) is 5.74. The van der Waals surface area contributed by atoms with Crippen LogP contribution in [0, 0.1) is 5.82 Å². The molecule has 0 N–H and O–H groups in total. The van der Waals surface area contributed by atoms with E-state index in [4.69, 9.17) is 30.2 Å². The SMILES string of the molecule is CN(C[C@@H]1COCCO1)C(=O)c1coc(COc2ccc(F)cc2Cl)n1. The van der Waals surface area contributed by atoms with Crippen LogP contribution >= 0.6 is 11.6 Å². The van der Waals surface area contributed by atoms with E-state index in [0.29, 0.717) is 32.1 Å². The molecule has 2 heterocycles. The summed E-state index contributed by atoms with van der Waals surface area (Å²) in [6.07, 6.45) is 1.11. The van der Waals surface area contributed by atoms with Gasteiger partial charge in [0, 0.05) is 13.6 Å². The molecule has 9 heteroatoms. The van der Waals surface area contributed by atoms with Crippen LogP contribution in [0.15, 0.2) is 28.9 Å². The number of carbonyl (C=O) groups is 1. The van der Waals surface area contributed by atoms with Gasteiger partial charge < -0.3 is 23.5 Å². The van der Waals surface area contributed by atoms with Gasteiger partial charge in [-0.25, -0.2) is 9.37 Å². The number of carbonyl (C=O) groups excluding carboxylic acids is 1. The Hall–Kier alpha value is -2.16. The van der Waals surface area contributed by atoms with Gasteiger partial charge in [-0.15, -0.1) is 0 Å². The van der Waals surface area contributed by atoms with Gasteiger partial charge in [0.05, 0.1) is 30.9 Å². The quantitative estimate of drug-likeness (QED) is 0.762. The van der Waals surface area contributed by atoms with Crippen molar-refractivity contribution in [1.82, 2.24) is 9.88 Å². The first-order valence-corrected chi connectivity index (χ1v) is 8.38. The number of halogens is 2. The maximum absolute atomic E-state index is 13.0. The molecule has 0 spiro atoms. The van der Waals surface area contributed by atoms with E-state index < -0.39 is 5.82 Å². The fourth-order valence-electron chi connectivity index (χ4n) is 2.43. The summed E-state index contributed by atoms with van der Waals surface area (Å²) in [5.41, 5.74) is 0.160. The predicted molar refractivity (Wildman–Crippen MR) is 89.8 cm³/mol. The second kappa shape index (κ2) is 8.48. The zero-order valence-electron chi connectivity index (χ0n) is 14.1. The first-order valence-electron chi connectivity index (χ1n) is 8.00. The Morgan fingerprint density at radius 3 is 3.04 bits per heavy atom. The fourth-order valence-corrected chi connectivity index (χ4v) is 2.65. The van der Waals surface area contributed by atoms with Crippen LogP contribution in [-0.4, -0.2) is 55.3 Å². The van der Waals surface area contributed by atoms with E-state index >= 15 is 0 Å². The van der Waals surface area contributed by atoms with Crippen molar-refractivity contribution in [2.45, 2.75) is 12.7 Å². The van der Waals surface area contributed by atoms with Gasteiger partial charge in [0.15, 0.2) is 12.3 Å². The molecule has 1 aliphatic heterocycles. The molecule has 0 unspecified atom stereocenters. The summed E-state index contributed by atoms with van der Waals surface area (Å²) in [6.45, 7) is 1.89. The molecule has 3 rings (SSSR count). The van der Waals surface area contributed by atoms with Crippen LogP contribution < -0.4 is 4.74 Å². The maximum Gasteiger partial charge on any atom is 0.275 e. The second-order valence-corrected chi connectivity index (χ2v) is 6.15. The number of aromatic nitrogens is 1. The van der Waals surface area contributed by atoms with Crippen molar-refractivity contribution < 1.29 is 27.8 Å². The molecule has 1 aromatic carbocycles. The highest BCUT2D eigenvalue weighted by molar-refractivity contribution is 6.32. The Balaban J connectivity index is 1.55. The number of rotatable bonds is 6. The van der Waals surface area contributed by atoms with Gasteiger partial charge in [-0.2, -0.15) is 0 Å². The third kappa shape index (κ3) is 4.72. The van der Waals surface area contributed by atoms with Gasteiger partial charge in [-0.05, 0) is 18.2 Å². The first-order chi connectivity index (χ1) is 12.5. The Morgan fingerprint density at radius 1 is 1.46 bits per heavy atom. The standard InChI is InChI=1S/C17H18ClFN2O5/c1-21(7-12-8-23-4-5-24-12)17(22)14-9-26-16(20-14)10-25-15-3-2-11(19)6-13(15)18/h2-3,6,9,12H,4-5,7-8,10H2,1H3/t12-/m1/s1. The van der Waals surface area contributed by atoms with E-state index in [1.807, 2.05) is 0 Å². The molecule has 26 heavy (non-hydrogen) atoms. The smallest absolute Gasteiger partial charge is 0.275 e. The molecular weight excluding hydrogens is 367 g/mol. The minimum Gasteiger partial charge on any atom is -0.482 e. The van der Waals surface area contributed by atoms with Gasteiger partial charge >= 0.3 is 0 Å². The van der Waals surface area contributed by atoms with Crippen LogP contribution in [0.5, 0.6) is 5.75 Å². The minimum absolute atomic E-state index is 0.0398. The monoisotopic (exact) mass is 384 g/mol. The van der Waals surface area contributed by atoms with Crippen molar-refractivity contribution in [2.75, 3.05) is 33.4 Å². The zero-order chi connectivity index (χ0) is 18.5. The van der Waals surface area contributed by atoms with Crippen LogP contribution in [0.3, 0.4) is 0 Å². The minimum atomic E-state index is -0.457. The summed E-state index contributed by atoms with van der Waals surface area (Å²) >= 11 is 5.89. The average molecular weight is 385 g/mol. The number of likely N-dealkylation sites (N-methyl/N-ethyl adjacent to an activating group) is 1. The number of ether oxygens (including phenoxy) is 3. The molecule has 0 aliphatic carbocycles. The lowest BCUT2D eigenvalue weighted by Gasteiger charge is -2.27. The molecule has 0 saturated carbocycles. The van der Waals surface area contributed by atoms with Crippen LogP contribution in [0.1, 0.15) is 16.4 Å². The highest BCUT2D eigenvalue weighted by Crippen LogP contribution is 2.25. The molecule has 1 amide bonds. The largest absolute Gasteiger partial charge is 0.482 e. The van der Waals surface area contributed by atoms with E-state index in [-0.39, 0.29) is 35.2 Å². The van der Waals surface area contributed by atoms with Crippen molar-refractivity contribution in [2.24, 2.45) is 0 Å². The highest BCUT2D eigenvalue weighted by atomic mass is 35.5. The number of oxazole rings is 1.